The van der Waals surface area contributed by atoms with Crippen LogP contribution in [0.15, 0.2) is 30.3 Å². The van der Waals surface area contributed by atoms with Crippen molar-refractivity contribution in [3.8, 4) is 11.5 Å². The normalized spacial score (nSPS) is 20.4. The Bertz CT molecular complexity index is 942. The maximum absolute atomic E-state index is 13.0. The first-order valence-corrected chi connectivity index (χ1v) is 9.15. The van der Waals surface area contributed by atoms with Gasteiger partial charge < -0.3 is 14.6 Å². The monoisotopic (exact) mass is 412 g/mol. The summed E-state index contributed by atoms with van der Waals surface area (Å²) in [4.78, 5) is 10.9. The van der Waals surface area contributed by atoms with Gasteiger partial charge in [-0.15, -0.1) is 0 Å². The number of benzene rings is 2. The van der Waals surface area contributed by atoms with Crippen molar-refractivity contribution in [2.45, 2.75) is 37.5 Å². The Labute approximate surface area is 163 Å². The molecule has 0 aromatic heterocycles. The van der Waals surface area contributed by atoms with Gasteiger partial charge in [-0.3, -0.25) is 4.79 Å². The lowest BCUT2D eigenvalue weighted by atomic mass is 9.98. The maximum Gasteiger partial charge on any atom is 0.417 e. The van der Waals surface area contributed by atoms with Crippen molar-refractivity contribution in [1.82, 2.24) is 0 Å². The number of rotatable bonds is 4. The molecule has 1 aliphatic carbocycles. The molecule has 0 bridgehead atoms. The summed E-state index contributed by atoms with van der Waals surface area (Å²) in [6.07, 6.45) is -3.97. The molecule has 4 nitrogen and oxygen atoms in total. The Kier molecular flexibility index (Phi) is 4.65. The van der Waals surface area contributed by atoms with E-state index in [9.17, 15) is 18.0 Å². The highest BCUT2D eigenvalue weighted by atomic mass is 35.5. The fraction of sp³-hybridized carbons (Fsp3) is 0.350. The molecule has 8 heteroatoms. The summed E-state index contributed by atoms with van der Waals surface area (Å²) in [7, 11) is 0. The van der Waals surface area contributed by atoms with Gasteiger partial charge in [-0.05, 0) is 36.1 Å². The van der Waals surface area contributed by atoms with Gasteiger partial charge in [0, 0.05) is 17.5 Å². The maximum atomic E-state index is 13.0. The van der Waals surface area contributed by atoms with Crippen LogP contribution in [-0.2, 0) is 17.4 Å². The summed E-state index contributed by atoms with van der Waals surface area (Å²) in [5.41, 5.74) is 1.12. The molecule has 2 aromatic rings. The van der Waals surface area contributed by atoms with Gasteiger partial charge in [0.2, 0.25) is 0 Å². The smallest absolute Gasteiger partial charge is 0.417 e. The summed E-state index contributed by atoms with van der Waals surface area (Å²) in [5, 5.41) is 8.71. The molecular weight excluding hydrogens is 397 g/mol. The number of hydrogen-bond acceptors (Lipinski definition) is 3. The number of alkyl halides is 3. The van der Waals surface area contributed by atoms with Crippen molar-refractivity contribution in [2.24, 2.45) is 0 Å². The highest BCUT2D eigenvalue weighted by Crippen LogP contribution is 2.45. The third-order valence-corrected chi connectivity index (χ3v) is 5.58. The summed E-state index contributed by atoms with van der Waals surface area (Å²) in [5.74, 6) is 0.00353. The number of aliphatic carboxylic acids is 1. The van der Waals surface area contributed by atoms with E-state index in [2.05, 4.69) is 0 Å². The van der Waals surface area contributed by atoms with Crippen LogP contribution in [-0.4, -0.2) is 17.7 Å². The first-order chi connectivity index (χ1) is 13.2. The van der Waals surface area contributed by atoms with E-state index >= 15 is 0 Å². The molecule has 2 atom stereocenters. The molecule has 0 saturated heterocycles. The quantitative estimate of drug-likeness (QED) is 0.733. The number of halogens is 4. The molecule has 0 spiro atoms. The molecule has 0 saturated carbocycles. The molecule has 148 valence electrons. The lowest BCUT2D eigenvalue weighted by Crippen LogP contribution is -2.08. The van der Waals surface area contributed by atoms with E-state index in [1.807, 2.05) is 0 Å². The summed E-state index contributed by atoms with van der Waals surface area (Å²) >= 11 is 6.00. The van der Waals surface area contributed by atoms with Gasteiger partial charge in [0.25, 0.3) is 0 Å². The number of hydrogen-bond donors (Lipinski definition) is 1. The van der Waals surface area contributed by atoms with Crippen molar-refractivity contribution in [2.75, 3.05) is 6.61 Å². The predicted octanol–water partition coefficient (Wildman–Crippen LogP) is 5.38. The average Bonchev–Trinajstić information content (AvgIpc) is 3.19. The zero-order valence-electron chi connectivity index (χ0n) is 14.6. The molecule has 2 unspecified atom stereocenters. The van der Waals surface area contributed by atoms with Crippen LogP contribution in [0.1, 0.15) is 47.1 Å². The number of fused-ring (bicyclic) bond motifs is 2. The molecular formula is C20H16ClF3O4. The lowest BCUT2D eigenvalue weighted by Gasteiger charge is -2.17. The lowest BCUT2D eigenvalue weighted by molar-refractivity contribution is -0.138. The van der Waals surface area contributed by atoms with Crippen LogP contribution >= 0.6 is 11.6 Å². The summed E-state index contributed by atoms with van der Waals surface area (Å²) < 4.78 is 50.7. The van der Waals surface area contributed by atoms with Gasteiger partial charge in [0.05, 0.1) is 23.6 Å². The second kappa shape index (κ2) is 6.88. The second-order valence-electron chi connectivity index (χ2n) is 6.94. The van der Waals surface area contributed by atoms with Crippen molar-refractivity contribution < 1.29 is 32.5 Å². The molecule has 4 rings (SSSR count). The van der Waals surface area contributed by atoms with Crippen molar-refractivity contribution >= 4 is 17.6 Å². The van der Waals surface area contributed by atoms with Crippen LogP contribution in [0.2, 0.25) is 5.02 Å². The van der Waals surface area contributed by atoms with Crippen LogP contribution in [0.3, 0.4) is 0 Å². The Balaban J connectivity index is 1.55. The summed E-state index contributed by atoms with van der Waals surface area (Å²) in [6, 6.07) is 7.62. The van der Waals surface area contributed by atoms with Crippen LogP contribution in [0.25, 0.3) is 0 Å². The molecule has 2 aromatic carbocycles. The van der Waals surface area contributed by atoms with E-state index in [1.54, 1.807) is 18.2 Å². The molecule has 1 heterocycles. The molecule has 1 aliphatic heterocycles. The van der Waals surface area contributed by atoms with Gasteiger partial charge in [0.15, 0.2) is 0 Å². The van der Waals surface area contributed by atoms with Gasteiger partial charge >= 0.3 is 12.1 Å². The summed E-state index contributed by atoms with van der Waals surface area (Å²) in [6.45, 7) is 0.299. The average molecular weight is 413 g/mol. The number of carboxylic acids is 1. The zero-order chi connectivity index (χ0) is 20.1. The van der Waals surface area contributed by atoms with E-state index in [0.717, 1.165) is 11.6 Å². The first-order valence-electron chi connectivity index (χ1n) is 8.77. The van der Waals surface area contributed by atoms with Gasteiger partial charge in [-0.25, -0.2) is 0 Å². The van der Waals surface area contributed by atoms with Crippen molar-refractivity contribution in [3.05, 3.63) is 57.6 Å². The minimum absolute atomic E-state index is 0.0107. The highest BCUT2D eigenvalue weighted by Gasteiger charge is 2.37. The molecule has 0 radical (unpaired) electrons. The molecule has 0 fully saturated rings. The SMILES string of the molecule is O=C(O)CC1COc2cc(OC3CCc4c3ccc(C(F)(F)F)c4Cl)ccc21. The second-order valence-corrected chi connectivity index (χ2v) is 7.32. The fourth-order valence-electron chi connectivity index (χ4n) is 3.84. The van der Waals surface area contributed by atoms with E-state index in [0.29, 0.717) is 42.1 Å². The fourth-order valence-corrected chi connectivity index (χ4v) is 4.21. The standard InChI is InChI=1S/C20H16ClF3O4/c21-19-14-4-6-16(13(14)3-5-15(19)20(22,23)24)28-11-1-2-12-10(7-18(25)26)9-27-17(12)8-11/h1-3,5,8,10,16H,4,6-7,9H2,(H,25,26). The minimum atomic E-state index is -4.49. The number of carbonyl (C=O) groups is 1. The first kappa shape index (κ1) is 18.9. The third kappa shape index (κ3) is 3.39. The van der Waals surface area contributed by atoms with Crippen LogP contribution < -0.4 is 9.47 Å². The van der Waals surface area contributed by atoms with E-state index in [4.69, 9.17) is 26.2 Å². The largest absolute Gasteiger partial charge is 0.492 e. The minimum Gasteiger partial charge on any atom is -0.492 e. The topological polar surface area (TPSA) is 55.8 Å². The highest BCUT2D eigenvalue weighted by molar-refractivity contribution is 6.32. The van der Waals surface area contributed by atoms with E-state index in [1.165, 1.54) is 6.07 Å². The Morgan fingerprint density at radius 1 is 1.25 bits per heavy atom. The third-order valence-electron chi connectivity index (χ3n) is 5.15. The van der Waals surface area contributed by atoms with Crippen molar-refractivity contribution in [1.29, 1.82) is 0 Å². The predicted molar refractivity (Wildman–Crippen MR) is 95.1 cm³/mol. The van der Waals surface area contributed by atoms with Crippen LogP contribution in [0.5, 0.6) is 11.5 Å². The Morgan fingerprint density at radius 3 is 2.71 bits per heavy atom. The van der Waals surface area contributed by atoms with Crippen LogP contribution in [0.4, 0.5) is 13.2 Å². The van der Waals surface area contributed by atoms with E-state index in [-0.39, 0.29) is 17.4 Å². The van der Waals surface area contributed by atoms with Gasteiger partial charge in [-0.1, -0.05) is 23.7 Å². The Morgan fingerprint density at radius 2 is 2.00 bits per heavy atom. The number of carboxylic acid groups (broad SMARTS) is 1. The number of ether oxygens (including phenoxy) is 2. The van der Waals surface area contributed by atoms with Gasteiger partial charge in [0.1, 0.15) is 17.6 Å². The van der Waals surface area contributed by atoms with Gasteiger partial charge in [-0.2, -0.15) is 13.2 Å². The molecule has 2 aliphatic rings. The Hall–Kier alpha value is -2.41. The van der Waals surface area contributed by atoms with E-state index < -0.39 is 23.8 Å². The molecule has 1 N–H and O–H groups in total. The zero-order valence-corrected chi connectivity index (χ0v) is 15.3. The molecule has 0 amide bonds. The van der Waals surface area contributed by atoms with Crippen molar-refractivity contribution in [3.63, 3.8) is 0 Å². The van der Waals surface area contributed by atoms with Crippen LogP contribution in [0, 0.1) is 0 Å². The molecule has 28 heavy (non-hydrogen) atoms.